The second-order valence-electron chi connectivity index (χ2n) is 4.26. The third kappa shape index (κ3) is 1.60. The minimum Gasteiger partial charge on any atom is -0.462 e. The number of aryl methyl sites for hydroxylation is 2. The summed E-state index contributed by atoms with van der Waals surface area (Å²) in [7, 11) is 0. The summed E-state index contributed by atoms with van der Waals surface area (Å²) in [6, 6.07) is 1.79. The Hall–Kier alpha value is -1.84. The number of esters is 1. The van der Waals surface area contributed by atoms with Crippen LogP contribution in [0.5, 0.6) is 0 Å². The second-order valence-corrected chi connectivity index (χ2v) is 4.26. The molecule has 0 saturated heterocycles. The average molecular weight is 230 g/mol. The molecule has 0 N–H and O–H groups in total. The Labute approximate surface area is 99.2 Å². The zero-order valence-corrected chi connectivity index (χ0v) is 9.77. The summed E-state index contributed by atoms with van der Waals surface area (Å²) >= 11 is 0. The van der Waals surface area contributed by atoms with Crippen LogP contribution in [0.25, 0.3) is 5.65 Å². The molecule has 2 aromatic rings. The van der Waals surface area contributed by atoms with E-state index in [0.29, 0.717) is 12.2 Å². The van der Waals surface area contributed by atoms with Crippen LogP contribution in [-0.2, 0) is 17.6 Å². The van der Waals surface area contributed by atoms with E-state index in [1.165, 1.54) is 17.7 Å². The van der Waals surface area contributed by atoms with Gasteiger partial charge in [0.1, 0.15) is 5.65 Å². The Balaban J connectivity index is 2.10. The summed E-state index contributed by atoms with van der Waals surface area (Å²) in [6.45, 7) is 2.21. The first-order valence-corrected chi connectivity index (χ1v) is 5.95. The van der Waals surface area contributed by atoms with E-state index >= 15 is 0 Å². The number of nitrogens with zero attached hydrogens (tertiary/aromatic N) is 2. The third-order valence-electron chi connectivity index (χ3n) is 3.18. The summed E-state index contributed by atoms with van der Waals surface area (Å²) in [6.07, 6.45) is 7.08. The van der Waals surface area contributed by atoms with Gasteiger partial charge in [0.15, 0.2) is 0 Å². The highest BCUT2D eigenvalue weighted by molar-refractivity contribution is 5.90. The lowest BCUT2D eigenvalue weighted by atomic mass is 10.3. The maximum Gasteiger partial charge on any atom is 0.339 e. The molecule has 88 valence electrons. The number of hydrogen-bond acceptors (Lipinski definition) is 3. The summed E-state index contributed by atoms with van der Waals surface area (Å²) < 4.78 is 7.02. The van der Waals surface area contributed by atoms with E-state index in [1.807, 2.05) is 23.7 Å². The van der Waals surface area contributed by atoms with E-state index < -0.39 is 0 Å². The first-order chi connectivity index (χ1) is 8.29. The van der Waals surface area contributed by atoms with Gasteiger partial charge in [-0.3, -0.25) is 0 Å². The predicted octanol–water partition coefficient (Wildman–Crippen LogP) is 2.00. The highest BCUT2D eigenvalue weighted by Crippen LogP contribution is 2.23. The van der Waals surface area contributed by atoms with Crippen molar-refractivity contribution in [3.8, 4) is 0 Å². The molecule has 0 bridgehead atoms. The number of fused-ring (bicyclic) bond motifs is 3. The molecule has 0 saturated carbocycles. The third-order valence-corrected chi connectivity index (χ3v) is 3.18. The quantitative estimate of drug-likeness (QED) is 0.741. The molecule has 0 aliphatic heterocycles. The molecule has 0 unspecified atom stereocenters. The number of aromatic nitrogens is 2. The molecule has 0 fully saturated rings. The van der Waals surface area contributed by atoms with Crippen molar-refractivity contribution in [2.45, 2.75) is 26.2 Å². The van der Waals surface area contributed by atoms with Gasteiger partial charge >= 0.3 is 5.97 Å². The van der Waals surface area contributed by atoms with E-state index in [0.717, 1.165) is 18.5 Å². The second kappa shape index (κ2) is 3.87. The fraction of sp³-hybridized carbons (Fsp3) is 0.385. The molecule has 4 heteroatoms. The molecule has 1 aliphatic carbocycles. The zero-order chi connectivity index (χ0) is 11.8. The summed E-state index contributed by atoms with van der Waals surface area (Å²) in [5.41, 5.74) is 3.99. The predicted molar refractivity (Wildman–Crippen MR) is 63.2 cm³/mol. The molecule has 3 rings (SSSR count). The van der Waals surface area contributed by atoms with Gasteiger partial charge in [0.25, 0.3) is 0 Å². The van der Waals surface area contributed by atoms with Crippen LogP contribution >= 0.6 is 0 Å². The van der Waals surface area contributed by atoms with Crippen molar-refractivity contribution >= 4 is 11.6 Å². The van der Waals surface area contributed by atoms with E-state index in [2.05, 4.69) is 4.98 Å². The van der Waals surface area contributed by atoms with Crippen molar-refractivity contribution in [1.29, 1.82) is 0 Å². The van der Waals surface area contributed by atoms with Crippen LogP contribution in [0.3, 0.4) is 0 Å². The Bertz CT molecular complexity index is 586. The lowest BCUT2D eigenvalue weighted by molar-refractivity contribution is 0.0526. The fourth-order valence-electron chi connectivity index (χ4n) is 2.40. The number of carbonyl (C=O) groups is 1. The van der Waals surface area contributed by atoms with Gasteiger partial charge in [0.05, 0.1) is 12.2 Å². The molecule has 0 atom stereocenters. The largest absolute Gasteiger partial charge is 0.462 e. The Kier molecular flexibility index (Phi) is 2.35. The van der Waals surface area contributed by atoms with Gasteiger partial charge in [-0.1, -0.05) is 0 Å². The van der Waals surface area contributed by atoms with Gasteiger partial charge in [-0.05, 0) is 37.8 Å². The monoisotopic (exact) mass is 230 g/mol. The molecular weight excluding hydrogens is 216 g/mol. The van der Waals surface area contributed by atoms with Crippen molar-refractivity contribution in [3.63, 3.8) is 0 Å². The van der Waals surface area contributed by atoms with Crippen molar-refractivity contribution in [3.05, 3.63) is 35.3 Å². The lowest BCUT2D eigenvalue weighted by Crippen LogP contribution is -2.03. The number of rotatable bonds is 2. The Morgan fingerprint density at radius 2 is 2.41 bits per heavy atom. The van der Waals surface area contributed by atoms with E-state index in [1.54, 1.807) is 6.07 Å². The topological polar surface area (TPSA) is 43.6 Å². The SMILES string of the molecule is CCOC(=O)c1cc2ncc3c(n2c1)CCC3. The van der Waals surface area contributed by atoms with Gasteiger partial charge in [0, 0.05) is 18.1 Å². The van der Waals surface area contributed by atoms with Crippen LogP contribution in [0, 0.1) is 0 Å². The lowest BCUT2D eigenvalue weighted by Gasteiger charge is -2.02. The van der Waals surface area contributed by atoms with Crippen LogP contribution in [0.4, 0.5) is 0 Å². The maximum absolute atomic E-state index is 11.7. The summed E-state index contributed by atoms with van der Waals surface area (Å²) in [5, 5.41) is 0. The smallest absolute Gasteiger partial charge is 0.339 e. The first-order valence-electron chi connectivity index (χ1n) is 5.95. The maximum atomic E-state index is 11.7. The molecule has 17 heavy (non-hydrogen) atoms. The number of hydrogen-bond donors (Lipinski definition) is 0. The minimum absolute atomic E-state index is 0.273. The van der Waals surface area contributed by atoms with Crippen LogP contribution in [0.2, 0.25) is 0 Å². The van der Waals surface area contributed by atoms with Gasteiger partial charge in [-0.15, -0.1) is 0 Å². The average Bonchev–Trinajstić information content (AvgIpc) is 2.94. The zero-order valence-electron chi connectivity index (χ0n) is 9.77. The van der Waals surface area contributed by atoms with Gasteiger partial charge in [0.2, 0.25) is 0 Å². The summed E-state index contributed by atoms with van der Waals surface area (Å²) in [5.74, 6) is -0.273. The first kappa shape index (κ1) is 10.3. The molecule has 4 nitrogen and oxygen atoms in total. The minimum atomic E-state index is -0.273. The molecule has 0 radical (unpaired) electrons. The molecule has 0 spiro atoms. The highest BCUT2D eigenvalue weighted by atomic mass is 16.5. The van der Waals surface area contributed by atoms with Crippen LogP contribution in [0.15, 0.2) is 18.5 Å². The number of carbonyl (C=O) groups excluding carboxylic acids is 1. The van der Waals surface area contributed by atoms with Gasteiger partial charge in [-0.2, -0.15) is 0 Å². The molecule has 1 aliphatic rings. The highest BCUT2D eigenvalue weighted by Gasteiger charge is 2.17. The van der Waals surface area contributed by atoms with Crippen molar-refractivity contribution < 1.29 is 9.53 Å². The van der Waals surface area contributed by atoms with Crippen LogP contribution in [-0.4, -0.2) is 22.0 Å². The van der Waals surface area contributed by atoms with Gasteiger partial charge < -0.3 is 9.14 Å². The van der Waals surface area contributed by atoms with Crippen LogP contribution < -0.4 is 0 Å². The molecule has 0 aromatic carbocycles. The molecule has 2 heterocycles. The normalized spacial score (nSPS) is 13.9. The van der Waals surface area contributed by atoms with Gasteiger partial charge in [-0.25, -0.2) is 9.78 Å². The molecule has 2 aromatic heterocycles. The fourth-order valence-corrected chi connectivity index (χ4v) is 2.40. The molecular formula is C13H14N2O2. The number of ether oxygens (including phenoxy) is 1. The standard InChI is InChI=1S/C13H14N2O2/c1-2-17-13(16)10-6-12-14-7-9-4-3-5-11(9)15(12)8-10/h6-8H,2-5H2,1H3. The van der Waals surface area contributed by atoms with Crippen molar-refractivity contribution in [2.24, 2.45) is 0 Å². The Morgan fingerprint density at radius 3 is 3.24 bits per heavy atom. The Morgan fingerprint density at radius 1 is 1.53 bits per heavy atom. The van der Waals surface area contributed by atoms with E-state index in [9.17, 15) is 4.79 Å². The van der Waals surface area contributed by atoms with E-state index in [-0.39, 0.29) is 5.97 Å². The van der Waals surface area contributed by atoms with E-state index in [4.69, 9.17) is 4.74 Å². The van der Waals surface area contributed by atoms with Crippen molar-refractivity contribution in [1.82, 2.24) is 9.38 Å². The van der Waals surface area contributed by atoms with Crippen LogP contribution in [0.1, 0.15) is 35.0 Å². The van der Waals surface area contributed by atoms with Crippen molar-refractivity contribution in [2.75, 3.05) is 6.61 Å². The summed E-state index contributed by atoms with van der Waals surface area (Å²) in [4.78, 5) is 16.0. The molecule has 0 amide bonds.